The zero-order chi connectivity index (χ0) is 11.1. The fourth-order valence-corrected chi connectivity index (χ4v) is 1.72. The minimum absolute atomic E-state index is 0.160. The van der Waals surface area contributed by atoms with Crippen molar-refractivity contribution in [2.24, 2.45) is 0 Å². The Kier molecular flexibility index (Phi) is 2.17. The number of aliphatic carboxylic acids is 1. The highest BCUT2D eigenvalue weighted by Gasteiger charge is 2.53. The van der Waals surface area contributed by atoms with E-state index in [2.05, 4.69) is 4.98 Å². The summed E-state index contributed by atoms with van der Waals surface area (Å²) in [5, 5.41) is 8.99. The van der Waals surface area contributed by atoms with Gasteiger partial charge in [-0.25, -0.2) is 8.78 Å². The molecule has 0 unspecified atom stereocenters. The van der Waals surface area contributed by atoms with Gasteiger partial charge in [-0.3, -0.25) is 9.78 Å². The maximum Gasteiger partial charge on any atom is 0.314 e. The topological polar surface area (TPSA) is 50.2 Å². The van der Waals surface area contributed by atoms with E-state index in [-0.39, 0.29) is 5.56 Å². The molecule has 1 saturated carbocycles. The van der Waals surface area contributed by atoms with Crippen LogP contribution in [0.2, 0.25) is 0 Å². The molecule has 0 bridgehead atoms. The third-order valence-electron chi connectivity index (χ3n) is 2.72. The Bertz CT molecular complexity index is 402. The summed E-state index contributed by atoms with van der Waals surface area (Å²) in [6.45, 7) is 0. The van der Waals surface area contributed by atoms with Gasteiger partial charge < -0.3 is 5.11 Å². The molecule has 1 heterocycles. The Hall–Kier alpha value is -1.52. The smallest absolute Gasteiger partial charge is 0.314 e. The maximum atomic E-state index is 12.6. The first-order valence-electron chi connectivity index (χ1n) is 4.55. The minimum atomic E-state index is -2.72. The summed E-state index contributed by atoms with van der Waals surface area (Å²) in [5.41, 5.74) is -1.36. The van der Waals surface area contributed by atoms with Crippen molar-refractivity contribution in [2.75, 3.05) is 0 Å². The number of hydrogen-bond acceptors (Lipinski definition) is 2. The predicted octanol–water partition coefficient (Wildman–Crippen LogP) is 2.14. The highest BCUT2D eigenvalue weighted by atomic mass is 19.3. The second-order valence-electron chi connectivity index (χ2n) is 3.62. The largest absolute Gasteiger partial charge is 0.481 e. The van der Waals surface area contributed by atoms with Gasteiger partial charge in [-0.2, -0.15) is 0 Å². The normalized spacial score (nSPS) is 17.8. The van der Waals surface area contributed by atoms with Gasteiger partial charge in [0.1, 0.15) is 5.69 Å². The zero-order valence-electron chi connectivity index (χ0n) is 7.78. The molecule has 80 valence electrons. The molecule has 2 rings (SSSR count). The molecule has 1 aliphatic rings. The Morgan fingerprint density at radius 3 is 2.67 bits per heavy atom. The molecule has 3 nitrogen and oxygen atoms in total. The lowest BCUT2D eigenvalue weighted by atomic mass is 9.94. The van der Waals surface area contributed by atoms with E-state index in [4.69, 9.17) is 5.11 Å². The van der Waals surface area contributed by atoms with E-state index < -0.39 is 23.5 Å². The molecule has 0 radical (unpaired) electrons. The lowest BCUT2D eigenvalue weighted by Crippen LogP contribution is -2.22. The molecule has 0 atom stereocenters. The highest BCUT2D eigenvalue weighted by Crippen LogP contribution is 2.50. The molecule has 0 spiro atoms. The summed E-state index contributed by atoms with van der Waals surface area (Å²) in [6.07, 6.45) is -0.650. The lowest BCUT2D eigenvalue weighted by molar-refractivity contribution is -0.140. The van der Waals surface area contributed by atoms with Crippen molar-refractivity contribution >= 4 is 5.97 Å². The van der Waals surface area contributed by atoms with Crippen molar-refractivity contribution in [3.05, 3.63) is 29.6 Å². The Labute approximate surface area is 84.8 Å². The fourth-order valence-electron chi connectivity index (χ4n) is 1.72. The van der Waals surface area contributed by atoms with Crippen molar-refractivity contribution in [3.63, 3.8) is 0 Å². The van der Waals surface area contributed by atoms with Crippen LogP contribution in [-0.2, 0) is 10.2 Å². The lowest BCUT2D eigenvalue weighted by Gasteiger charge is -2.13. The van der Waals surface area contributed by atoms with E-state index in [0.717, 1.165) is 0 Å². The first kappa shape index (κ1) is 10.0. The van der Waals surface area contributed by atoms with E-state index in [1.165, 1.54) is 18.3 Å². The number of carboxylic acids is 1. The van der Waals surface area contributed by atoms with Crippen molar-refractivity contribution in [2.45, 2.75) is 24.7 Å². The van der Waals surface area contributed by atoms with Crippen LogP contribution >= 0.6 is 0 Å². The van der Waals surface area contributed by atoms with Gasteiger partial charge in [0.2, 0.25) is 0 Å². The van der Waals surface area contributed by atoms with Crippen LogP contribution < -0.4 is 0 Å². The summed E-state index contributed by atoms with van der Waals surface area (Å²) in [6, 6.07) is 2.92. The molecular formula is C10H9F2NO2. The molecule has 0 aromatic carbocycles. The summed E-state index contributed by atoms with van der Waals surface area (Å²) >= 11 is 0. The van der Waals surface area contributed by atoms with E-state index in [1.54, 1.807) is 0 Å². The number of carboxylic acid groups (broad SMARTS) is 1. The van der Waals surface area contributed by atoms with E-state index in [0.29, 0.717) is 12.8 Å². The van der Waals surface area contributed by atoms with Gasteiger partial charge in [-0.15, -0.1) is 0 Å². The second kappa shape index (κ2) is 3.25. The second-order valence-corrected chi connectivity index (χ2v) is 3.62. The first-order valence-corrected chi connectivity index (χ1v) is 4.55. The first-order chi connectivity index (χ1) is 7.08. The van der Waals surface area contributed by atoms with E-state index in [9.17, 15) is 13.6 Å². The minimum Gasteiger partial charge on any atom is -0.481 e. The SMILES string of the molecule is O=C(O)C1(c2cccnc2C(F)F)CC1. The summed E-state index contributed by atoms with van der Waals surface area (Å²) in [5.74, 6) is -1.04. The quantitative estimate of drug-likeness (QED) is 0.836. The molecule has 1 aliphatic carbocycles. The maximum absolute atomic E-state index is 12.6. The Morgan fingerprint density at radius 1 is 1.53 bits per heavy atom. The Balaban J connectivity index is 2.49. The number of carbonyl (C=O) groups is 1. The zero-order valence-corrected chi connectivity index (χ0v) is 7.78. The van der Waals surface area contributed by atoms with Crippen LogP contribution in [0.4, 0.5) is 8.78 Å². The molecule has 1 aromatic heterocycles. The summed E-state index contributed by atoms with van der Waals surface area (Å²) in [7, 11) is 0. The van der Waals surface area contributed by atoms with E-state index >= 15 is 0 Å². The van der Waals surface area contributed by atoms with Gasteiger partial charge in [-0.05, 0) is 24.5 Å². The van der Waals surface area contributed by atoms with Gasteiger partial charge in [0, 0.05) is 6.20 Å². The van der Waals surface area contributed by atoms with Crippen LogP contribution in [0.25, 0.3) is 0 Å². The molecule has 1 N–H and O–H groups in total. The van der Waals surface area contributed by atoms with Gasteiger partial charge in [0.25, 0.3) is 6.43 Å². The number of halogens is 2. The van der Waals surface area contributed by atoms with Crippen LogP contribution in [0, 0.1) is 0 Å². The van der Waals surface area contributed by atoms with Crippen LogP contribution in [-0.4, -0.2) is 16.1 Å². The van der Waals surface area contributed by atoms with Gasteiger partial charge in [-0.1, -0.05) is 6.07 Å². The monoisotopic (exact) mass is 213 g/mol. The van der Waals surface area contributed by atoms with Crippen molar-refractivity contribution in [1.82, 2.24) is 4.98 Å². The van der Waals surface area contributed by atoms with Crippen LogP contribution in [0.5, 0.6) is 0 Å². The molecule has 0 saturated heterocycles. The molecule has 0 aliphatic heterocycles. The number of rotatable bonds is 3. The van der Waals surface area contributed by atoms with E-state index in [1.807, 2.05) is 0 Å². The molecule has 5 heteroatoms. The predicted molar refractivity (Wildman–Crippen MR) is 47.7 cm³/mol. The number of pyridine rings is 1. The van der Waals surface area contributed by atoms with Crippen LogP contribution in [0.3, 0.4) is 0 Å². The standard InChI is InChI=1S/C10H9F2NO2/c11-8(12)7-6(2-1-5-13-7)10(3-4-10)9(14)15/h1-2,5,8H,3-4H2,(H,14,15). The molecular weight excluding hydrogens is 204 g/mol. The third kappa shape index (κ3) is 1.48. The highest BCUT2D eigenvalue weighted by molar-refractivity contribution is 5.85. The molecule has 1 aromatic rings. The average Bonchev–Trinajstić information content (AvgIpc) is 2.98. The summed E-state index contributed by atoms with van der Waals surface area (Å²) in [4.78, 5) is 14.5. The van der Waals surface area contributed by atoms with Gasteiger partial charge >= 0.3 is 5.97 Å². The molecule has 0 amide bonds. The van der Waals surface area contributed by atoms with Gasteiger partial charge in [0.15, 0.2) is 0 Å². The fraction of sp³-hybridized carbons (Fsp3) is 0.400. The summed E-state index contributed by atoms with van der Waals surface area (Å²) < 4.78 is 25.2. The number of aromatic nitrogens is 1. The number of nitrogens with zero attached hydrogens (tertiary/aromatic N) is 1. The van der Waals surface area contributed by atoms with Crippen molar-refractivity contribution in [3.8, 4) is 0 Å². The van der Waals surface area contributed by atoms with Crippen molar-refractivity contribution < 1.29 is 18.7 Å². The third-order valence-corrected chi connectivity index (χ3v) is 2.72. The molecule has 15 heavy (non-hydrogen) atoms. The Morgan fingerprint density at radius 2 is 2.20 bits per heavy atom. The van der Waals surface area contributed by atoms with Crippen LogP contribution in [0.1, 0.15) is 30.5 Å². The molecule has 1 fully saturated rings. The number of hydrogen-bond donors (Lipinski definition) is 1. The van der Waals surface area contributed by atoms with Gasteiger partial charge in [0.05, 0.1) is 5.41 Å². The van der Waals surface area contributed by atoms with Crippen molar-refractivity contribution in [1.29, 1.82) is 0 Å². The average molecular weight is 213 g/mol. The van der Waals surface area contributed by atoms with Crippen LogP contribution in [0.15, 0.2) is 18.3 Å². The number of alkyl halides is 2.